The van der Waals surface area contributed by atoms with Crippen LogP contribution in [0.2, 0.25) is 0 Å². The van der Waals surface area contributed by atoms with E-state index < -0.39 is 0 Å². The molecule has 0 aromatic heterocycles. The van der Waals surface area contributed by atoms with Crippen molar-refractivity contribution >= 4 is 0 Å². The topological polar surface area (TPSA) is 29.5 Å². The third-order valence-corrected chi connectivity index (χ3v) is 3.63. The van der Waals surface area contributed by atoms with E-state index in [9.17, 15) is 5.11 Å². The maximum absolute atomic E-state index is 10.3. The van der Waals surface area contributed by atoms with Crippen molar-refractivity contribution < 1.29 is 9.84 Å². The smallest absolute Gasteiger partial charge is 0.0801 e. The summed E-state index contributed by atoms with van der Waals surface area (Å²) in [6, 6.07) is 0. The molecule has 0 amide bonds. The molecule has 0 aromatic carbocycles. The summed E-state index contributed by atoms with van der Waals surface area (Å²) in [6.07, 6.45) is 9.44. The molecular weight excluding hydrogens is 188 g/mol. The molecule has 0 radical (unpaired) electrons. The van der Waals surface area contributed by atoms with Crippen molar-refractivity contribution in [3.05, 3.63) is 11.6 Å². The molecule has 15 heavy (non-hydrogen) atoms. The van der Waals surface area contributed by atoms with Gasteiger partial charge in [-0.3, -0.25) is 0 Å². The Morgan fingerprint density at radius 2 is 2.27 bits per heavy atom. The van der Waals surface area contributed by atoms with Gasteiger partial charge in [-0.15, -0.1) is 0 Å². The van der Waals surface area contributed by atoms with E-state index in [2.05, 4.69) is 13.0 Å². The minimum Gasteiger partial charge on any atom is -0.388 e. The fourth-order valence-corrected chi connectivity index (χ4v) is 2.68. The Morgan fingerprint density at radius 1 is 1.40 bits per heavy atom. The van der Waals surface area contributed by atoms with E-state index in [1.807, 2.05) is 0 Å². The zero-order valence-electron chi connectivity index (χ0n) is 9.61. The van der Waals surface area contributed by atoms with Gasteiger partial charge in [0.2, 0.25) is 0 Å². The summed E-state index contributed by atoms with van der Waals surface area (Å²) >= 11 is 0. The van der Waals surface area contributed by atoms with Crippen LogP contribution < -0.4 is 0 Å². The second kappa shape index (κ2) is 5.13. The molecule has 2 aliphatic rings. The lowest BCUT2D eigenvalue weighted by Crippen LogP contribution is -2.23. The van der Waals surface area contributed by atoms with Crippen LogP contribution in [-0.2, 0) is 4.74 Å². The van der Waals surface area contributed by atoms with Gasteiger partial charge in [-0.1, -0.05) is 12.5 Å². The van der Waals surface area contributed by atoms with Crippen LogP contribution >= 0.6 is 0 Å². The van der Waals surface area contributed by atoms with Crippen molar-refractivity contribution in [2.45, 2.75) is 57.7 Å². The molecular formula is C13H22O2. The first-order valence-corrected chi connectivity index (χ1v) is 6.26. The third kappa shape index (κ3) is 2.82. The lowest BCUT2D eigenvalue weighted by atomic mass is 9.91. The van der Waals surface area contributed by atoms with E-state index in [0.717, 1.165) is 25.9 Å². The second-order valence-electron chi connectivity index (χ2n) is 4.96. The quantitative estimate of drug-likeness (QED) is 0.710. The van der Waals surface area contributed by atoms with E-state index >= 15 is 0 Å². The number of rotatable bonds is 2. The number of ether oxygens (including phenoxy) is 1. The van der Waals surface area contributed by atoms with Crippen LogP contribution in [-0.4, -0.2) is 23.9 Å². The van der Waals surface area contributed by atoms with Gasteiger partial charge >= 0.3 is 0 Å². The van der Waals surface area contributed by atoms with Crippen molar-refractivity contribution in [1.29, 1.82) is 0 Å². The predicted octanol–water partition coefficient (Wildman–Crippen LogP) is 2.66. The number of aliphatic hydroxyl groups is 1. The van der Waals surface area contributed by atoms with Crippen molar-refractivity contribution in [2.75, 3.05) is 6.61 Å². The van der Waals surface area contributed by atoms with E-state index in [1.54, 1.807) is 0 Å². The zero-order valence-corrected chi connectivity index (χ0v) is 9.61. The van der Waals surface area contributed by atoms with Gasteiger partial charge in [-0.2, -0.15) is 0 Å². The van der Waals surface area contributed by atoms with Gasteiger partial charge in [0.05, 0.1) is 18.8 Å². The Hall–Kier alpha value is -0.340. The summed E-state index contributed by atoms with van der Waals surface area (Å²) in [7, 11) is 0. The highest BCUT2D eigenvalue weighted by Gasteiger charge is 2.30. The summed E-state index contributed by atoms with van der Waals surface area (Å²) in [4.78, 5) is 0. The van der Waals surface area contributed by atoms with Crippen molar-refractivity contribution in [3.63, 3.8) is 0 Å². The summed E-state index contributed by atoms with van der Waals surface area (Å²) in [6.45, 7) is 2.83. The predicted molar refractivity (Wildman–Crippen MR) is 60.7 cm³/mol. The molecule has 2 heteroatoms. The fourth-order valence-electron chi connectivity index (χ4n) is 2.68. The summed E-state index contributed by atoms with van der Waals surface area (Å²) in [5, 5.41) is 10.3. The third-order valence-electron chi connectivity index (χ3n) is 3.63. The van der Waals surface area contributed by atoms with Gasteiger partial charge in [0.25, 0.3) is 0 Å². The maximum Gasteiger partial charge on any atom is 0.0801 e. The summed E-state index contributed by atoms with van der Waals surface area (Å²) < 4.78 is 5.52. The van der Waals surface area contributed by atoms with Gasteiger partial charge < -0.3 is 9.84 Å². The van der Waals surface area contributed by atoms with Gasteiger partial charge in [-0.25, -0.2) is 0 Å². The molecule has 1 saturated heterocycles. The standard InChI is InChI=1S/C13H22O2/c1-10-8-12(9-15-10)13(14)11-6-4-2-3-5-7-11/h6,10,12-14H,2-5,7-9H2,1H3. The minimum absolute atomic E-state index is 0.243. The Morgan fingerprint density at radius 3 is 3.00 bits per heavy atom. The molecule has 1 heterocycles. The lowest BCUT2D eigenvalue weighted by molar-refractivity contribution is 0.0944. The number of hydrogen-bond donors (Lipinski definition) is 1. The Bertz CT molecular complexity index is 235. The van der Waals surface area contributed by atoms with Gasteiger partial charge in [0.15, 0.2) is 0 Å². The van der Waals surface area contributed by atoms with E-state index in [-0.39, 0.29) is 6.10 Å². The summed E-state index contributed by atoms with van der Waals surface area (Å²) in [5.41, 5.74) is 1.27. The summed E-state index contributed by atoms with van der Waals surface area (Å²) in [5.74, 6) is 0.337. The maximum atomic E-state index is 10.3. The molecule has 2 nitrogen and oxygen atoms in total. The molecule has 0 spiro atoms. The lowest BCUT2D eigenvalue weighted by Gasteiger charge is -2.19. The molecule has 2 rings (SSSR count). The van der Waals surface area contributed by atoms with Crippen LogP contribution in [0.3, 0.4) is 0 Å². The molecule has 3 atom stereocenters. The molecule has 1 aliphatic carbocycles. The van der Waals surface area contributed by atoms with Crippen LogP contribution in [0.25, 0.3) is 0 Å². The molecule has 86 valence electrons. The van der Waals surface area contributed by atoms with Crippen molar-refractivity contribution in [2.24, 2.45) is 5.92 Å². The van der Waals surface area contributed by atoms with Crippen LogP contribution in [0.1, 0.15) is 45.4 Å². The number of hydrogen-bond acceptors (Lipinski definition) is 2. The van der Waals surface area contributed by atoms with Crippen molar-refractivity contribution in [3.8, 4) is 0 Å². The first-order valence-electron chi connectivity index (χ1n) is 6.26. The average molecular weight is 210 g/mol. The first-order chi connectivity index (χ1) is 7.27. The normalized spacial score (nSPS) is 34.7. The second-order valence-corrected chi connectivity index (χ2v) is 4.96. The van der Waals surface area contributed by atoms with Gasteiger partial charge in [0.1, 0.15) is 0 Å². The van der Waals surface area contributed by atoms with Crippen molar-refractivity contribution in [1.82, 2.24) is 0 Å². The highest BCUT2D eigenvalue weighted by molar-refractivity contribution is 5.11. The Balaban J connectivity index is 1.93. The molecule has 0 bridgehead atoms. The van der Waals surface area contributed by atoms with E-state index in [4.69, 9.17) is 4.74 Å². The molecule has 0 aromatic rings. The monoisotopic (exact) mass is 210 g/mol. The zero-order chi connectivity index (χ0) is 10.7. The molecule has 1 aliphatic heterocycles. The largest absolute Gasteiger partial charge is 0.388 e. The van der Waals surface area contributed by atoms with Gasteiger partial charge in [-0.05, 0) is 44.6 Å². The first kappa shape index (κ1) is 11.2. The molecule has 0 saturated carbocycles. The Labute approximate surface area is 92.3 Å². The average Bonchev–Trinajstić information content (AvgIpc) is 2.53. The van der Waals surface area contributed by atoms with E-state index in [1.165, 1.54) is 24.8 Å². The highest BCUT2D eigenvalue weighted by Crippen LogP contribution is 2.29. The van der Waals surface area contributed by atoms with Crippen LogP contribution in [0.15, 0.2) is 11.6 Å². The Kier molecular flexibility index (Phi) is 3.81. The molecule has 3 unspecified atom stereocenters. The van der Waals surface area contributed by atoms with Crippen LogP contribution in [0.5, 0.6) is 0 Å². The van der Waals surface area contributed by atoms with E-state index in [0.29, 0.717) is 12.0 Å². The molecule has 1 N–H and O–H groups in total. The minimum atomic E-state index is -0.243. The number of aliphatic hydroxyl groups excluding tert-OH is 1. The van der Waals surface area contributed by atoms with Crippen LogP contribution in [0.4, 0.5) is 0 Å². The molecule has 1 fully saturated rings. The van der Waals surface area contributed by atoms with Crippen LogP contribution in [0, 0.1) is 5.92 Å². The van der Waals surface area contributed by atoms with Gasteiger partial charge in [0, 0.05) is 5.92 Å². The highest BCUT2D eigenvalue weighted by atomic mass is 16.5. The SMILES string of the molecule is CC1CC(C(O)C2=CCCCCC2)CO1. The number of allylic oxidation sites excluding steroid dienone is 1. The fraction of sp³-hybridized carbons (Fsp3) is 0.846.